The van der Waals surface area contributed by atoms with Crippen molar-refractivity contribution >= 4 is 5.91 Å². The molecule has 124 valence electrons. The zero-order valence-corrected chi connectivity index (χ0v) is 13.6. The molecule has 0 spiro atoms. The van der Waals surface area contributed by atoms with Crippen LogP contribution >= 0.6 is 0 Å². The van der Waals surface area contributed by atoms with Crippen LogP contribution in [-0.4, -0.2) is 20.7 Å². The maximum absolute atomic E-state index is 12.3. The molecular formula is C19H17N5O. The second-order valence-electron chi connectivity index (χ2n) is 5.52. The minimum Gasteiger partial charge on any atom is -0.345 e. The minimum absolute atomic E-state index is 0.257. The predicted octanol–water partition coefficient (Wildman–Crippen LogP) is 2.32. The van der Waals surface area contributed by atoms with Gasteiger partial charge in [0.25, 0.3) is 5.91 Å². The van der Waals surface area contributed by atoms with E-state index in [1.165, 1.54) is 5.56 Å². The van der Waals surface area contributed by atoms with Crippen LogP contribution in [0.25, 0.3) is 0 Å². The average Bonchev–Trinajstić information content (AvgIpc) is 3.12. The maximum Gasteiger partial charge on any atom is 0.252 e. The van der Waals surface area contributed by atoms with E-state index in [1.54, 1.807) is 30.6 Å². The molecule has 0 fully saturated rings. The molecule has 2 aromatic carbocycles. The first-order valence-electron chi connectivity index (χ1n) is 7.96. The highest BCUT2D eigenvalue weighted by Crippen LogP contribution is 2.08. The Morgan fingerprint density at radius 1 is 1.12 bits per heavy atom. The van der Waals surface area contributed by atoms with E-state index < -0.39 is 0 Å². The van der Waals surface area contributed by atoms with Crippen LogP contribution in [0.15, 0.2) is 60.9 Å². The van der Waals surface area contributed by atoms with Crippen molar-refractivity contribution in [2.75, 3.05) is 0 Å². The van der Waals surface area contributed by atoms with E-state index in [-0.39, 0.29) is 12.5 Å². The first-order chi connectivity index (χ1) is 12.3. The lowest BCUT2D eigenvalue weighted by Gasteiger charge is -2.09. The lowest BCUT2D eigenvalue weighted by molar-refractivity contribution is 0.0949. The zero-order valence-electron chi connectivity index (χ0n) is 13.6. The Labute approximate surface area is 145 Å². The molecule has 0 saturated heterocycles. The van der Waals surface area contributed by atoms with Gasteiger partial charge in [-0.3, -0.25) is 4.79 Å². The monoisotopic (exact) mass is 331 g/mol. The number of aryl methyl sites for hydroxylation is 2. The number of amides is 1. The van der Waals surface area contributed by atoms with Gasteiger partial charge >= 0.3 is 0 Å². The number of carbonyl (C=O) groups is 1. The number of nitrogens with zero attached hydrogens (tertiary/aromatic N) is 4. The summed E-state index contributed by atoms with van der Waals surface area (Å²) >= 11 is 0. The topological polar surface area (TPSA) is 83.6 Å². The highest BCUT2D eigenvalue weighted by Gasteiger charge is 2.12. The van der Waals surface area contributed by atoms with Gasteiger partial charge in [0.15, 0.2) is 5.82 Å². The summed E-state index contributed by atoms with van der Waals surface area (Å²) in [6.07, 6.45) is 2.52. The van der Waals surface area contributed by atoms with Crippen LogP contribution in [0.5, 0.6) is 0 Å². The molecule has 3 aromatic rings. The molecule has 25 heavy (non-hydrogen) atoms. The first kappa shape index (κ1) is 16.4. The predicted molar refractivity (Wildman–Crippen MR) is 92.5 cm³/mol. The Morgan fingerprint density at radius 3 is 2.68 bits per heavy atom. The highest BCUT2D eigenvalue weighted by molar-refractivity contribution is 5.96. The van der Waals surface area contributed by atoms with Crippen molar-refractivity contribution in [1.29, 1.82) is 5.26 Å². The van der Waals surface area contributed by atoms with Crippen LogP contribution in [-0.2, 0) is 19.5 Å². The molecule has 0 atom stereocenters. The van der Waals surface area contributed by atoms with E-state index >= 15 is 0 Å². The van der Waals surface area contributed by atoms with Crippen LogP contribution in [0.3, 0.4) is 0 Å². The van der Waals surface area contributed by atoms with E-state index in [4.69, 9.17) is 5.26 Å². The number of aromatic nitrogens is 3. The van der Waals surface area contributed by atoms with Crippen LogP contribution < -0.4 is 5.32 Å². The molecule has 0 bridgehead atoms. The van der Waals surface area contributed by atoms with E-state index in [9.17, 15) is 4.79 Å². The van der Waals surface area contributed by atoms with Gasteiger partial charge in [-0.15, -0.1) is 10.2 Å². The highest BCUT2D eigenvalue weighted by atomic mass is 16.1. The summed E-state index contributed by atoms with van der Waals surface area (Å²) in [6, 6.07) is 18.9. The number of carbonyl (C=O) groups excluding carboxylic acids is 1. The number of benzene rings is 2. The SMILES string of the molecule is N#Cc1ccccc1C(=O)NCc1nncn1CCc1ccccc1. The molecule has 1 aromatic heterocycles. The van der Waals surface area contributed by atoms with Gasteiger partial charge in [0.1, 0.15) is 6.33 Å². The van der Waals surface area contributed by atoms with Crippen molar-refractivity contribution in [3.63, 3.8) is 0 Å². The fourth-order valence-electron chi connectivity index (χ4n) is 2.53. The molecule has 6 nitrogen and oxygen atoms in total. The van der Waals surface area contributed by atoms with Gasteiger partial charge in [-0.2, -0.15) is 5.26 Å². The molecule has 0 aliphatic rings. The molecule has 0 aliphatic heterocycles. The van der Waals surface area contributed by atoms with Crippen LogP contribution in [0.1, 0.15) is 27.3 Å². The molecular weight excluding hydrogens is 314 g/mol. The van der Waals surface area contributed by atoms with Crippen molar-refractivity contribution in [3.8, 4) is 6.07 Å². The van der Waals surface area contributed by atoms with Crippen LogP contribution in [0.4, 0.5) is 0 Å². The third-order valence-electron chi connectivity index (χ3n) is 3.88. The standard InChI is InChI=1S/C19H17N5O/c20-12-16-8-4-5-9-17(16)19(25)21-13-18-23-22-14-24(18)11-10-15-6-2-1-3-7-15/h1-9,14H,10-11,13H2,(H,21,25). The summed E-state index contributed by atoms with van der Waals surface area (Å²) in [5.74, 6) is 0.383. The van der Waals surface area contributed by atoms with Gasteiger partial charge in [0, 0.05) is 6.54 Å². The van der Waals surface area contributed by atoms with Gasteiger partial charge in [0.2, 0.25) is 0 Å². The van der Waals surface area contributed by atoms with E-state index in [2.05, 4.69) is 27.6 Å². The minimum atomic E-state index is -0.297. The van der Waals surface area contributed by atoms with E-state index in [0.29, 0.717) is 17.0 Å². The fraction of sp³-hybridized carbons (Fsp3) is 0.158. The number of nitrogens with one attached hydrogen (secondary N) is 1. The third-order valence-corrected chi connectivity index (χ3v) is 3.88. The van der Waals surface area contributed by atoms with Crippen molar-refractivity contribution in [2.24, 2.45) is 0 Å². The number of hydrogen-bond donors (Lipinski definition) is 1. The molecule has 0 radical (unpaired) electrons. The first-order valence-corrected chi connectivity index (χ1v) is 7.96. The van der Waals surface area contributed by atoms with Crippen LogP contribution in [0, 0.1) is 11.3 Å². The van der Waals surface area contributed by atoms with Crippen molar-refractivity contribution in [3.05, 3.63) is 83.4 Å². The van der Waals surface area contributed by atoms with E-state index in [0.717, 1.165) is 13.0 Å². The second-order valence-corrected chi connectivity index (χ2v) is 5.52. The summed E-state index contributed by atoms with van der Waals surface area (Å²) in [6.45, 7) is 0.990. The molecule has 0 aliphatic carbocycles. The molecule has 1 amide bonds. The smallest absolute Gasteiger partial charge is 0.252 e. The Kier molecular flexibility index (Phi) is 5.17. The summed E-state index contributed by atoms with van der Waals surface area (Å²) in [7, 11) is 0. The van der Waals surface area contributed by atoms with Gasteiger partial charge in [-0.25, -0.2) is 0 Å². The summed E-state index contributed by atoms with van der Waals surface area (Å²) < 4.78 is 1.92. The number of nitriles is 1. The largest absolute Gasteiger partial charge is 0.345 e. The molecule has 1 N–H and O–H groups in total. The summed E-state index contributed by atoms with van der Waals surface area (Å²) in [5, 5.41) is 19.9. The lowest BCUT2D eigenvalue weighted by Crippen LogP contribution is -2.25. The lowest BCUT2D eigenvalue weighted by atomic mass is 10.1. The van der Waals surface area contributed by atoms with Gasteiger partial charge in [-0.1, -0.05) is 42.5 Å². The zero-order chi connectivity index (χ0) is 17.5. The fourth-order valence-corrected chi connectivity index (χ4v) is 2.53. The quantitative estimate of drug-likeness (QED) is 0.751. The van der Waals surface area contributed by atoms with Crippen molar-refractivity contribution in [1.82, 2.24) is 20.1 Å². The van der Waals surface area contributed by atoms with Gasteiger partial charge < -0.3 is 9.88 Å². The Morgan fingerprint density at radius 2 is 1.88 bits per heavy atom. The molecule has 0 saturated carbocycles. The maximum atomic E-state index is 12.3. The van der Waals surface area contributed by atoms with Crippen molar-refractivity contribution < 1.29 is 4.79 Å². The second kappa shape index (κ2) is 7.88. The molecule has 3 rings (SSSR count). The van der Waals surface area contributed by atoms with E-state index in [1.807, 2.05) is 28.8 Å². The normalized spacial score (nSPS) is 10.2. The number of hydrogen-bond acceptors (Lipinski definition) is 4. The Balaban J connectivity index is 1.62. The molecule has 1 heterocycles. The number of rotatable bonds is 6. The third kappa shape index (κ3) is 4.09. The van der Waals surface area contributed by atoms with Crippen LogP contribution in [0.2, 0.25) is 0 Å². The summed E-state index contributed by atoms with van der Waals surface area (Å²) in [4.78, 5) is 12.3. The Hall–Kier alpha value is -3.46. The van der Waals surface area contributed by atoms with Gasteiger partial charge in [0.05, 0.1) is 23.7 Å². The molecule has 0 unspecified atom stereocenters. The average molecular weight is 331 g/mol. The summed E-state index contributed by atoms with van der Waals surface area (Å²) in [5.41, 5.74) is 1.94. The van der Waals surface area contributed by atoms with Gasteiger partial charge in [-0.05, 0) is 24.1 Å². The van der Waals surface area contributed by atoms with Crippen molar-refractivity contribution in [2.45, 2.75) is 19.5 Å². The Bertz CT molecular complexity index is 895. The molecule has 6 heteroatoms.